The Morgan fingerprint density at radius 3 is 2.06 bits per heavy atom. The molecule has 102 valence electrons. The van der Waals surface area contributed by atoms with Crippen LogP contribution in [0.15, 0.2) is 0 Å². The fourth-order valence-electron chi connectivity index (χ4n) is 2.35. The highest BCUT2D eigenvalue weighted by atomic mass is 33.1. The van der Waals surface area contributed by atoms with Crippen molar-refractivity contribution < 1.29 is 13.6 Å². The summed E-state index contributed by atoms with van der Waals surface area (Å²) in [6.45, 7) is 7.68. The molecule has 0 aliphatic carbocycles. The van der Waals surface area contributed by atoms with E-state index in [1.54, 1.807) is 0 Å². The maximum atomic E-state index is 11.2. The lowest BCUT2D eigenvalue weighted by Gasteiger charge is -2.34. The minimum absolute atomic E-state index is 0.0257. The summed E-state index contributed by atoms with van der Waals surface area (Å²) in [5, 5.41) is 11.5. The number of likely N-dealkylation sites (N-methyl/N-ethyl adjacent to an activating group) is 1. The summed E-state index contributed by atoms with van der Waals surface area (Å²) < 4.78 is 22.4. The van der Waals surface area contributed by atoms with Gasteiger partial charge in [-0.05, 0) is 45.5 Å². The SMILES string of the molecule is CN1C(CSS(C)(=O)=O)C(C)(C)N(O)C1(C)C. The Bertz CT molecular complexity index is 392. The van der Waals surface area contributed by atoms with Crippen LogP contribution in [0.3, 0.4) is 0 Å². The van der Waals surface area contributed by atoms with Gasteiger partial charge in [0.2, 0.25) is 0 Å². The maximum Gasteiger partial charge on any atom is 0.198 e. The van der Waals surface area contributed by atoms with Crippen molar-refractivity contribution in [3.63, 3.8) is 0 Å². The van der Waals surface area contributed by atoms with Crippen LogP contribution >= 0.6 is 10.8 Å². The lowest BCUT2D eigenvalue weighted by molar-refractivity contribution is -0.208. The van der Waals surface area contributed by atoms with E-state index in [4.69, 9.17) is 0 Å². The zero-order valence-corrected chi connectivity index (χ0v) is 12.9. The first-order valence-electron chi connectivity index (χ1n) is 5.47. The van der Waals surface area contributed by atoms with Crippen molar-refractivity contribution in [1.82, 2.24) is 9.96 Å². The molecule has 0 aromatic carbocycles. The van der Waals surface area contributed by atoms with Crippen LogP contribution in [-0.2, 0) is 8.87 Å². The zero-order chi connectivity index (χ0) is 13.6. The third kappa shape index (κ3) is 2.78. The van der Waals surface area contributed by atoms with Crippen molar-refractivity contribution in [2.75, 3.05) is 19.1 Å². The van der Waals surface area contributed by atoms with Crippen LogP contribution in [0.25, 0.3) is 0 Å². The minimum atomic E-state index is -3.05. The van der Waals surface area contributed by atoms with Gasteiger partial charge in [0, 0.05) is 18.1 Å². The summed E-state index contributed by atoms with van der Waals surface area (Å²) in [6.07, 6.45) is 1.21. The standard InChI is InChI=1S/C10H22N2O3S2/c1-9(2)8(7-16-17(6,14)15)11(5)10(3,4)12(9)13/h8,13H,7H2,1-6H3. The van der Waals surface area contributed by atoms with Crippen LogP contribution in [0, 0.1) is 0 Å². The summed E-state index contributed by atoms with van der Waals surface area (Å²) in [7, 11) is -0.209. The first-order valence-corrected chi connectivity index (χ1v) is 8.86. The van der Waals surface area contributed by atoms with E-state index >= 15 is 0 Å². The van der Waals surface area contributed by atoms with Crippen molar-refractivity contribution >= 4 is 19.7 Å². The van der Waals surface area contributed by atoms with Gasteiger partial charge in [0.15, 0.2) is 8.87 Å². The van der Waals surface area contributed by atoms with Crippen molar-refractivity contribution in [2.24, 2.45) is 0 Å². The average molecular weight is 282 g/mol. The van der Waals surface area contributed by atoms with Gasteiger partial charge in [-0.1, -0.05) is 0 Å². The van der Waals surface area contributed by atoms with Crippen LogP contribution in [0.2, 0.25) is 0 Å². The first kappa shape index (κ1) is 15.2. The molecule has 0 aromatic heterocycles. The molecule has 0 bridgehead atoms. The van der Waals surface area contributed by atoms with E-state index in [1.165, 1.54) is 11.3 Å². The lowest BCUT2D eigenvalue weighted by atomic mass is 9.97. The predicted octanol–water partition coefficient (Wildman–Crippen LogP) is 1.20. The summed E-state index contributed by atoms with van der Waals surface area (Å²) in [5.74, 6) is 0.447. The van der Waals surface area contributed by atoms with Crippen LogP contribution in [0.5, 0.6) is 0 Å². The third-order valence-electron chi connectivity index (χ3n) is 3.65. The maximum absolute atomic E-state index is 11.2. The molecule has 0 radical (unpaired) electrons. The molecule has 1 atom stereocenters. The molecular formula is C10H22N2O3S2. The fourth-order valence-corrected chi connectivity index (χ4v) is 4.49. The van der Waals surface area contributed by atoms with Gasteiger partial charge in [-0.2, -0.15) is 5.06 Å². The van der Waals surface area contributed by atoms with Crippen LogP contribution in [-0.4, -0.2) is 59.9 Å². The number of hydrogen-bond acceptors (Lipinski definition) is 6. The third-order valence-corrected chi connectivity index (χ3v) is 6.22. The molecule has 1 saturated heterocycles. The highest BCUT2D eigenvalue weighted by molar-refractivity contribution is 8.71. The van der Waals surface area contributed by atoms with Crippen molar-refractivity contribution in [3.8, 4) is 0 Å². The predicted molar refractivity (Wildman–Crippen MR) is 70.6 cm³/mol. The van der Waals surface area contributed by atoms with Gasteiger partial charge in [-0.25, -0.2) is 8.42 Å². The van der Waals surface area contributed by atoms with Crippen LogP contribution in [0.4, 0.5) is 0 Å². The molecule has 7 heteroatoms. The Hall–Kier alpha value is 0.180. The molecule has 1 aliphatic rings. The molecule has 0 spiro atoms. The second-order valence-corrected chi connectivity index (χ2v) is 10.1. The summed E-state index contributed by atoms with van der Waals surface area (Å²) in [5.41, 5.74) is -0.970. The van der Waals surface area contributed by atoms with Crippen molar-refractivity contribution in [2.45, 2.75) is 44.9 Å². The molecule has 0 saturated carbocycles. The van der Waals surface area contributed by atoms with Crippen molar-refractivity contribution in [3.05, 3.63) is 0 Å². The van der Waals surface area contributed by atoms with E-state index in [0.29, 0.717) is 5.75 Å². The highest BCUT2D eigenvalue weighted by Crippen LogP contribution is 2.40. The molecular weight excluding hydrogens is 260 g/mol. The van der Waals surface area contributed by atoms with E-state index in [9.17, 15) is 13.6 Å². The molecule has 5 nitrogen and oxygen atoms in total. The van der Waals surface area contributed by atoms with E-state index in [2.05, 4.69) is 0 Å². The summed E-state index contributed by atoms with van der Waals surface area (Å²) in [6, 6.07) is -0.0257. The molecule has 0 amide bonds. The molecule has 1 fully saturated rings. The van der Waals surface area contributed by atoms with Crippen molar-refractivity contribution in [1.29, 1.82) is 0 Å². The second kappa shape index (κ2) is 4.38. The average Bonchev–Trinajstić information content (AvgIpc) is 2.23. The number of hydrogen-bond donors (Lipinski definition) is 1. The Morgan fingerprint density at radius 2 is 1.76 bits per heavy atom. The molecule has 1 N–H and O–H groups in total. The van der Waals surface area contributed by atoms with Gasteiger partial charge < -0.3 is 5.21 Å². The quantitative estimate of drug-likeness (QED) is 0.785. The Morgan fingerprint density at radius 1 is 1.29 bits per heavy atom. The minimum Gasteiger partial charge on any atom is -0.312 e. The molecule has 1 rings (SSSR count). The fraction of sp³-hybridized carbons (Fsp3) is 1.00. The molecule has 1 aliphatic heterocycles. The van der Waals surface area contributed by atoms with E-state index < -0.39 is 20.1 Å². The zero-order valence-electron chi connectivity index (χ0n) is 11.3. The van der Waals surface area contributed by atoms with E-state index in [1.807, 2.05) is 39.6 Å². The smallest absolute Gasteiger partial charge is 0.198 e. The monoisotopic (exact) mass is 282 g/mol. The van der Waals surface area contributed by atoms with Gasteiger partial charge in [0.1, 0.15) is 0 Å². The number of hydroxylamine groups is 2. The molecule has 0 aromatic rings. The normalized spacial score (nSPS) is 29.7. The van der Waals surface area contributed by atoms with Gasteiger partial charge in [0.25, 0.3) is 0 Å². The van der Waals surface area contributed by atoms with Gasteiger partial charge in [-0.15, -0.1) is 0 Å². The van der Waals surface area contributed by atoms with E-state index in [0.717, 1.165) is 10.8 Å². The molecule has 1 heterocycles. The van der Waals surface area contributed by atoms with Gasteiger partial charge in [0.05, 0.1) is 11.2 Å². The Labute approximate surface area is 107 Å². The summed E-state index contributed by atoms with van der Waals surface area (Å²) >= 11 is 0. The first-order chi connectivity index (χ1) is 7.40. The van der Waals surface area contributed by atoms with Crippen LogP contribution in [0.1, 0.15) is 27.7 Å². The molecule has 17 heavy (non-hydrogen) atoms. The Balaban J connectivity index is 2.92. The lowest BCUT2D eigenvalue weighted by Crippen LogP contribution is -2.49. The molecule has 1 unspecified atom stereocenters. The number of nitrogens with zero attached hydrogens (tertiary/aromatic N) is 2. The van der Waals surface area contributed by atoms with E-state index in [-0.39, 0.29) is 6.04 Å². The topological polar surface area (TPSA) is 60.9 Å². The summed E-state index contributed by atoms with van der Waals surface area (Å²) in [4.78, 5) is 2.02. The van der Waals surface area contributed by atoms with Crippen LogP contribution < -0.4 is 0 Å². The van der Waals surface area contributed by atoms with Gasteiger partial charge in [-0.3, -0.25) is 4.90 Å². The number of rotatable bonds is 3. The van der Waals surface area contributed by atoms with Gasteiger partial charge >= 0.3 is 0 Å². The highest BCUT2D eigenvalue weighted by Gasteiger charge is 2.55. The Kier molecular flexibility index (Phi) is 3.92. The second-order valence-electron chi connectivity index (χ2n) is 5.58. The largest absolute Gasteiger partial charge is 0.312 e.